The molecule has 0 N–H and O–H groups in total. The molecule has 84 valence electrons. The first-order chi connectivity index (χ1) is 7.15. The first-order valence-electron chi connectivity index (χ1n) is 4.73. The standard InChI is InChI=1S/C9H15N3O3/c1-4-12(6-9(13)14-3)5-8-11-10-7(2)15-8/h4-6H2,1-3H3. The van der Waals surface area contributed by atoms with E-state index >= 15 is 0 Å². The Hall–Kier alpha value is -1.43. The van der Waals surface area contributed by atoms with Crippen molar-refractivity contribution in [3.63, 3.8) is 0 Å². The summed E-state index contributed by atoms with van der Waals surface area (Å²) < 4.78 is 9.79. The number of ether oxygens (including phenoxy) is 1. The van der Waals surface area contributed by atoms with Crippen molar-refractivity contribution in [2.45, 2.75) is 20.4 Å². The molecule has 0 saturated heterocycles. The number of hydrogen-bond donors (Lipinski definition) is 0. The van der Waals surface area contributed by atoms with E-state index in [1.165, 1.54) is 7.11 Å². The summed E-state index contributed by atoms with van der Waals surface area (Å²) in [5.41, 5.74) is 0. The molecule has 6 nitrogen and oxygen atoms in total. The zero-order chi connectivity index (χ0) is 11.3. The van der Waals surface area contributed by atoms with E-state index in [2.05, 4.69) is 14.9 Å². The maximum Gasteiger partial charge on any atom is 0.319 e. The molecule has 0 spiro atoms. The van der Waals surface area contributed by atoms with E-state index in [1.807, 2.05) is 11.8 Å². The number of hydrogen-bond acceptors (Lipinski definition) is 6. The molecule has 0 aliphatic heterocycles. The highest BCUT2D eigenvalue weighted by Gasteiger charge is 2.12. The Kier molecular flexibility index (Phi) is 4.23. The summed E-state index contributed by atoms with van der Waals surface area (Å²) in [7, 11) is 1.37. The van der Waals surface area contributed by atoms with Crippen LogP contribution in [0.3, 0.4) is 0 Å². The topological polar surface area (TPSA) is 68.5 Å². The second-order valence-corrected chi connectivity index (χ2v) is 3.09. The van der Waals surface area contributed by atoms with Crippen LogP contribution in [-0.2, 0) is 16.1 Å². The van der Waals surface area contributed by atoms with Crippen molar-refractivity contribution in [3.8, 4) is 0 Å². The van der Waals surface area contributed by atoms with Crippen molar-refractivity contribution in [3.05, 3.63) is 11.8 Å². The Balaban J connectivity index is 2.50. The fourth-order valence-electron chi connectivity index (χ4n) is 1.12. The van der Waals surface area contributed by atoms with E-state index in [1.54, 1.807) is 6.92 Å². The van der Waals surface area contributed by atoms with E-state index in [9.17, 15) is 4.79 Å². The Morgan fingerprint density at radius 3 is 2.73 bits per heavy atom. The zero-order valence-electron chi connectivity index (χ0n) is 9.19. The van der Waals surface area contributed by atoms with Crippen LogP contribution in [0.25, 0.3) is 0 Å². The van der Waals surface area contributed by atoms with Gasteiger partial charge < -0.3 is 9.15 Å². The molecule has 0 unspecified atom stereocenters. The third kappa shape index (κ3) is 3.67. The first-order valence-corrected chi connectivity index (χ1v) is 4.73. The van der Waals surface area contributed by atoms with Crippen molar-refractivity contribution in [1.82, 2.24) is 15.1 Å². The zero-order valence-corrected chi connectivity index (χ0v) is 9.19. The van der Waals surface area contributed by atoms with Gasteiger partial charge in [0, 0.05) is 6.92 Å². The maximum absolute atomic E-state index is 11.0. The number of esters is 1. The lowest BCUT2D eigenvalue weighted by Gasteiger charge is -2.15. The third-order valence-electron chi connectivity index (χ3n) is 1.95. The molecule has 1 aromatic rings. The Morgan fingerprint density at radius 1 is 1.53 bits per heavy atom. The minimum atomic E-state index is -0.270. The van der Waals surface area contributed by atoms with Gasteiger partial charge in [0.15, 0.2) is 0 Å². The number of carbonyl (C=O) groups is 1. The van der Waals surface area contributed by atoms with E-state index in [0.717, 1.165) is 6.54 Å². The molecule has 15 heavy (non-hydrogen) atoms. The lowest BCUT2D eigenvalue weighted by molar-refractivity contribution is -0.142. The monoisotopic (exact) mass is 213 g/mol. The van der Waals surface area contributed by atoms with Crippen LogP contribution in [-0.4, -0.2) is 41.3 Å². The van der Waals surface area contributed by atoms with Gasteiger partial charge in [-0.15, -0.1) is 10.2 Å². The van der Waals surface area contributed by atoms with E-state index in [4.69, 9.17) is 4.42 Å². The van der Waals surface area contributed by atoms with Crippen LogP contribution in [0.1, 0.15) is 18.7 Å². The molecule has 0 amide bonds. The number of carbonyl (C=O) groups excluding carboxylic acids is 1. The van der Waals surface area contributed by atoms with Gasteiger partial charge in [-0.1, -0.05) is 6.92 Å². The highest BCUT2D eigenvalue weighted by Crippen LogP contribution is 2.02. The van der Waals surface area contributed by atoms with Crippen molar-refractivity contribution < 1.29 is 13.9 Å². The summed E-state index contributed by atoms with van der Waals surface area (Å²) >= 11 is 0. The smallest absolute Gasteiger partial charge is 0.319 e. The molecule has 0 radical (unpaired) electrons. The molecule has 0 fully saturated rings. The lowest BCUT2D eigenvalue weighted by Crippen LogP contribution is -2.30. The van der Waals surface area contributed by atoms with Gasteiger partial charge in [0.2, 0.25) is 11.8 Å². The summed E-state index contributed by atoms with van der Waals surface area (Å²) in [6.07, 6.45) is 0. The molecule has 1 rings (SSSR count). The molecular weight excluding hydrogens is 198 g/mol. The number of methoxy groups -OCH3 is 1. The van der Waals surface area contributed by atoms with E-state index in [-0.39, 0.29) is 12.5 Å². The summed E-state index contributed by atoms with van der Waals surface area (Å²) in [5, 5.41) is 7.57. The van der Waals surface area contributed by atoms with Crippen molar-refractivity contribution >= 4 is 5.97 Å². The molecular formula is C9H15N3O3. The molecule has 0 saturated carbocycles. The van der Waals surface area contributed by atoms with Gasteiger partial charge in [0.1, 0.15) is 0 Å². The van der Waals surface area contributed by atoms with Crippen LogP contribution < -0.4 is 0 Å². The van der Waals surface area contributed by atoms with Crippen LogP contribution in [0.2, 0.25) is 0 Å². The molecule has 1 heterocycles. The molecule has 6 heteroatoms. The van der Waals surface area contributed by atoms with Gasteiger partial charge in [-0.3, -0.25) is 9.69 Å². The van der Waals surface area contributed by atoms with Crippen molar-refractivity contribution in [2.75, 3.05) is 20.2 Å². The largest absolute Gasteiger partial charge is 0.468 e. The predicted molar refractivity (Wildman–Crippen MR) is 52.0 cm³/mol. The van der Waals surface area contributed by atoms with E-state index < -0.39 is 0 Å². The van der Waals surface area contributed by atoms with Gasteiger partial charge in [0.05, 0.1) is 20.2 Å². The molecule has 0 atom stereocenters. The SMILES string of the molecule is CCN(CC(=O)OC)Cc1nnc(C)o1. The highest BCUT2D eigenvalue weighted by atomic mass is 16.5. The molecule has 1 aromatic heterocycles. The Labute approximate surface area is 88.2 Å². The fraction of sp³-hybridized carbons (Fsp3) is 0.667. The van der Waals surface area contributed by atoms with E-state index in [0.29, 0.717) is 18.3 Å². The van der Waals surface area contributed by atoms with Crippen LogP contribution in [0.5, 0.6) is 0 Å². The van der Waals surface area contributed by atoms with Crippen molar-refractivity contribution in [1.29, 1.82) is 0 Å². The minimum Gasteiger partial charge on any atom is -0.468 e. The lowest BCUT2D eigenvalue weighted by atomic mass is 10.4. The fourth-order valence-corrected chi connectivity index (χ4v) is 1.12. The van der Waals surface area contributed by atoms with Crippen LogP contribution in [0, 0.1) is 6.92 Å². The molecule has 0 bridgehead atoms. The van der Waals surface area contributed by atoms with Gasteiger partial charge in [0.25, 0.3) is 0 Å². The first kappa shape index (κ1) is 11.6. The average Bonchev–Trinajstić information content (AvgIpc) is 2.62. The summed E-state index contributed by atoms with van der Waals surface area (Å²) in [4.78, 5) is 12.9. The van der Waals surface area contributed by atoms with Gasteiger partial charge in [-0.2, -0.15) is 0 Å². The van der Waals surface area contributed by atoms with Gasteiger partial charge in [-0.25, -0.2) is 0 Å². The number of likely N-dealkylation sites (N-methyl/N-ethyl adjacent to an activating group) is 1. The van der Waals surface area contributed by atoms with Gasteiger partial charge in [-0.05, 0) is 6.54 Å². The average molecular weight is 213 g/mol. The predicted octanol–water partition coefficient (Wildman–Crippen LogP) is 0.373. The molecule has 0 aliphatic rings. The van der Waals surface area contributed by atoms with Crippen LogP contribution in [0.15, 0.2) is 4.42 Å². The van der Waals surface area contributed by atoms with Crippen LogP contribution in [0.4, 0.5) is 0 Å². The summed E-state index contributed by atoms with van der Waals surface area (Å²) in [6.45, 7) is 5.09. The van der Waals surface area contributed by atoms with Crippen LogP contribution >= 0.6 is 0 Å². The quantitative estimate of drug-likeness (QED) is 0.658. The second-order valence-electron chi connectivity index (χ2n) is 3.09. The number of aromatic nitrogens is 2. The number of nitrogens with zero attached hydrogens (tertiary/aromatic N) is 3. The normalized spacial score (nSPS) is 10.7. The number of aryl methyl sites for hydroxylation is 1. The molecule has 0 aliphatic carbocycles. The summed E-state index contributed by atoms with van der Waals surface area (Å²) in [6, 6.07) is 0. The second kappa shape index (κ2) is 5.45. The molecule has 0 aromatic carbocycles. The third-order valence-corrected chi connectivity index (χ3v) is 1.95. The number of rotatable bonds is 5. The Morgan fingerprint density at radius 2 is 2.27 bits per heavy atom. The minimum absolute atomic E-state index is 0.231. The van der Waals surface area contributed by atoms with Gasteiger partial charge >= 0.3 is 5.97 Å². The summed E-state index contributed by atoms with van der Waals surface area (Å²) in [5.74, 6) is 0.769. The Bertz CT molecular complexity index is 324. The van der Waals surface area contributed by atoms with Crippen molar-refractivity contribution in [2.24, 2.45) is 0 Å². The highest BCUT2D eigenvalue weighted by molar-refractivity contribution is 5.71. The maximum atomic E-state index is 11.0.